The highest BCUT2D eigenvalue weighted by Gasteiger charge is 2.29. The number of benzene rings is 1. The Hall–Kier alpha value is -2.05. The lowest BCUT2D eigenvalue weighted by Gasteiger charge is -2.25. The van der Waals surface area contributed by atoms with Crippen molar-refractivity contribution in [2.24, 2.45) is 0 Å². The molecule has 2 heterocycles. The van der Waals surface area contributed by atoms with E-state index in [0.717, 1.165) is 36.2 Å². The van der Waals surface area contributed by atoms with Gasteiger partial charge < -0.3 is 10.8 Å². The van der Waals surface area contributed by atoms with Crippen molar-refractivity contribution in [3.63, 3.8) is 0 Å². The van der Waals surface area contributed by atoms with Crippen LogP contribution in [0, 0.1) is 5.82 Å². The van der Waals surface area contributed by atoms with Crippen LogP contribution in [0.5, 0.6) is 0 Å². The molecule has 116 valence electrons. The number of nitrogens with two attached hydrogens (primary N) is 1. The fourth-order valence-corrected chi connectivity index (χ4v) is 3.07. The number of aliphatic hydroxyl groups is 1. The Bertz CT molecular complexity index is 664. The molecule has 1 aliphatic rings. The quantitative estimate of drug-likeness (QED) is 0.903. The molecular formula is C16H19FN4O. The van der Waals surface area contributed by atoms with Gasteiger partial charge in [0.2, 0.25) is 5.95 Å². The highest BCUT2D eigenvalue weighted by atomic mass is 19.1. The van der Waals surface area contributed by atoms with Crippen molar-refractivity contribution >= 4 is 5.95 Å². The Labute approximate surface area is 128 Å². The third-order valence-corrected chi connectivity index (χ3v) is 4.04. The zero-order valence-corrected chi connectivity index (χ0v) is 12.2. The van der Waals surface area contributed by atoms with Crippen molar-refractivity contribution in [1.82, 2.24) is 14.9 Å². The summed E-state index contributed by atoms with van der Waals surface area (Å²) in [6.45, 7) is 1.61. The molecule has 0 spiro atoms. The van der Waals surface area contributed by atoms with E-state index >= 15 is 0 Å². The second-order valence-electron chi connectivity index (χ2n) is 5.46. The lowest BCUT2D eigenvalue weighted by Crippen LogP contribution is -2.27. The van der Waals surface area contributed by atoms with E-state index in [1.807, 2.05) is 6.07 Å². The topological polar surface area (TPSA) is 75.3 Å². The maximum atomic E-state index is 13.5. The maximum Gasteiger partial charge on any atom is 0.220 e. The second kappa shape index (κ2) is 6.37. The third kappa shape index (κ3) is 2.93. The van der Waals surface area contributed by atoms with Crippen molar-refractivity contribution in [2.75, 3.05) is 25.4 Å². The molecule has 1 saturated heterocycles. The Morgan fingerprint density at radius 2 is 2.27 bits per heavy atom. The van der Waals surface area contributed by atoms with Gasteiger partial charge in [0.25, 0.3) is 0 Å². The van der Waals surface area contributed by atoms with Crippen LogP contribution >= 0.6 is 0 Å². The van der Waals surface area contributed by atoms with Crippen LogP contribution in [0.3, 0.4) is 0 Å². The summed E-state index contributed by atoms with van der Waals surface area (Å²) in [5.41, 5.74) is 8.10. The highest BCUT2D eigenvalue weighted by Crippen LogP contribution is 2.36. The van der Waals surface area contributed by atoms with Gasteiger partial charge in [0.1, 0.15) is 5.82 Å². The molecule has 0 unspecified atom stereocenters. The van der Waals surface area contributed by atoms with Crippen LogP contribution in [0.1, 0.15) is 24.6 Å². The number of anilines is 1. The molecule has 5 nitrogen and oxygen atoms in total. The van der Waals surface area contributed by atoms with Crippen molar-refractivity contribution < 1.29 is 9.50 Å². The molecule has 1 aliphatic heterocycles. The normalized spacial score (nSPS) is 18.7. The molecule has 1 aromatic heterocycles. The lowest BCUT2D eigenvalue weighted by molar-refractivity contribution is 0.184. The number of hydrogen-bond donors (Lipinski definition) is 2. The van der Waals surface area contributed by atoms with Gasteiger partial charge in [-0.25, -0.2) is 14.4 Å². The van der Waals surface area contributed by atoms with Crippen LogP contribution < -0.4 is 5.73 Å². The van der Waals surface area contributed by atoms with E-state index in [0.29, 0.717) is 6.54 Å². The number of hydrogen-bond acceptors (Lipinski definition) is 5. The first-order valence-electron chi connectivity index (χ1n) is 7.42. The Kier molecular flexibility index (Phi) is 4.31. The number of nitrogens with zero attached hydrogens (tertiary/aromatic N) is 3. The van der Waals surface area contributed by atoms with Crippen molar-refractivity contribution in [2.45, 2.75) is 18.9 Å². The molecule has 3 N–H and O–H groups in total. The van der Waals surface area contributed by atoms with Crippen LogP contribution in [-0.2, 0) is 0 Å². The lowest BCUT2D eigenvalue weighted by atomic mass is 10.00. The maximum absolute atomic E-state index is 13.5. The van der Waals surface area contributed by atoms with Crippen LogP contribution in [0.4, 0.5) is 10.3 Å². The summed E-state index contributed by atoms with van der Waals surface area (Å²) in [4.78, 5) is 10.7. The van der Waals surface area contributed by atoms with Gasteiger partial charge in [0.15, 0.2) is 0 Å². The van der Waals surface area contributed by atoms with Gasteiger partial charge in [0.05, 0.1) is 18.3 Å². The number of likely N-dealkylation sites (tertiary alicyclic amines) is 1. The molecule has 0 saturated carbocycles. The average molecular weight is 302 g/mol. The van der Waals surface area contributed by atoms with Crippen LogP contribution in [0.2, 0.25) is 0 Å². The van der Waals surface area contributed by atoms with Crippen molar-refractivity contribution in [1.29, 1.82) is 0 Å². The van der Waals surface area contributed by atoms with Gasteiger partial charge in [-0.2, -0.15) is 0 Å². The summed E-state index contributed by atoms with van der Waals surface area (Å²) >= 11 is 0. The predicted octanol–water partition coefficient (Wildman–Crippen LogP) is 1.99. The third-order valence-electron chi connectivity index (χ3n) is 4.04. The molecule has 1 aromatic carbocycles. The van der Waals surface area contributed by atoms with E-state index in [1.165, 1.54) is 12.1 Å². The highest BCUT2D eigenvalue weighted by molar-refractivity contribution is 5.66. The first-order valence-corrected chi connectivity index (χ1v) is 7.42. The Morgan fingerprint density at radius 3 is 3.05 bits per heavy atom. The number of halogens is 1. The molecule has 6 heteroatoms. The molecule has 0 aliphatic carbocycles. The summed E-state index contributed by atoms with van der Waals surface area (Å²) in [6, 6.07) is 6.48. The SMILES string of the molecule is Nc1ncc(-c2cccc(F)c2)c([C@@H]2CCCN2CCO)n1. The average Bonchev–Trinajstić information content (AvgIpc) is 2.96. The summed E-state index contributed by atoms with van der Waals surface area (Å²) < 4.78 is 13.5. The van der Waals surface area contributed by atoms with Gasteiger partial charge in [-0.05, 0) is 37.1 Å². The molecule has 0 bridgehead atoms. The number of rotatable bonds is 4. The first kappa shape index (κ1) is 14.9. The number of β-amino-alcohol motifs (C(OH)–C–C–N with tert-alkyl or cyclic N) is 1. The van der Waals surface area contributed by atoms with Gasteiger partial charge in [0, 0.05) is 18.3 Å². The monoisotopic (exact) mass is 302 g/mol. The van der Waals surface area contributed by atoms with E-state index in [4.69, 9.17) is 5.73 Å². The molecule has 1 atom stereocenters. The van der Waals surface area contributed by atoms with E-state index in [2.05, 4.69) is 14.9 Å². The van der Waals surface area contributed by atoms with E-state index < -0.39 is 0 Å². The van der Waals surface area contributed by atoms with Gasteiger partial charge in [-0.3, -0.25) is 4.90 Å². The van der Waals surface area contributed by atoms with E-state index in [1.54, 1.807) is 12.3 Å². The molecule has 22 heavy (non-hydrogen) atoms. The summed E-state index contributed by atoms with van der Waals surface area (Å²) in [6.07, 6.45) is 3.64. The first-order chi connectivity index (χ1) is 10.7. The smallest absolute Gasteiger partial charge is 0.220 e. The fraction of sp³-hybridized carbons (Fsp3) is 0.375. The largest absolute Gasteiger partial charge is 0.395 e. The van der Waals surface area contributed by atoms with Crippen LogP contribution in [0.15, 0.2) is 30.5 Å². The van der Waals surface area contributed by atoms with E-state index in [9.17, 15) is 9.50 Å². The number of nitrogen functional groups attached to an aromatic ring is 1. The molecule has 0 amide bonds. The summed E-state index contributed by atoms with van der Waals surface area (Å²) in [5.74, 6) is -0.0788. The molecular weight excluding hydrogens is 283 g/mol. The second-order valence-corrected chi connectivity index (χ2v) is 5.46. The fourth-order valence-electron chi connectivity index (χ4n) is 3.07. The molecule has 1 fully saturated rings. The minimum atomic E-state index is -0.293. The van der Waals surface area contributed by atoms with Gasteiger partial charge >= 0.3 is 0 Å². The molecule has 2 aromatic rings. The van der Waals surface area contributed by atoms with E-state index in [-0.39, 0.29) is 24.4 Å². The van der Waals surface area contributed by atoms with Crippen LogP contribution in [-0.4, -0.2) is 39.7 Å². The van der Waals surface area contributed by atoms with Crippen molar-refractivity contribution in [3.8, 4) is 11.1 Å². The zero-order valence-electron chi connectivity index (χ0n) is 12.2. The van der Waals surface area contributed by atoms with Crippen LogP contribution in [0.25, 0.3) is 11.1 Å². The summed E-state index contributed by atoms with van der Waals surface area (Å²) in [7, 11) is 0. The van der Waals surface area contributed by atoms with Gasteiger partial charge in [-0.1, -0.05) is 12.1 Å². The minimum absolute atomic E-state index is 0.0794. The number of aromatic nitrogens is 2. The van der Waals surface area contributed by atoms with Crippen molar-refractivity contribution in [3.05, 3.63) is 42.0 Å². The van der Waals surface area contributed by atoms with Gasteiger partial charge in [-0.15, -0.1) is 0 Å². The summed E-state index contributed by atoms with van der Waals surface area (Å²) in [5, 5.41) is 9.22. The molecule has 3 rings (SSSR count). The molecule has 0 radical (unpaired) electrons. The minimum Gasteiger partial charge on any atom is -0.395 e. The standard InChI is InChI=1S/C16H19FN4O/c17-12-4-1-3-11(9-12)13-10-19-16(18)20-15(13)14-5-2-6-21(14)7-8-22/h1,3-4,9-10,14,22H,2,5-8H2,(H2,18,19,20)/t14-/m0/s1. The zero-order chi connectivity index (χ0) is 15.5. The predicted molar refractivity (Wildman–Crippen MR) is 82.5 cm³/mol. The Balaban J connectivity index is 2.05. The number of aliphatic hydroxyl groups excluding tert-OH is 1. The Morgan fingerprint density at radius 1 is 1.41 bits per heavy atom.